The first-order chi connectivity index (χ1) is 11.5. The van der Waals surface area contributed by atoms with Gasteiger partial charge in [0.15, 0.2) is 0 Å². The van der Waals surface area contributed by atoms with Crippen molar-refractivity contribution in [2.45, 2.75) is 19.1 Å². The molecule has 0 saturated heterocycles. The molecule has 3 rings (SSSR count). The van der Waals surface area contributed by atoms with Crippen molar-refractivity contribution in [3.8, 4) is 0 Å². The summed E-state index contributed by atoms with van der Waals surface area (Å²) in [5, 5.41) is 0.891. The number of hydrogen-bond acceptors (Lipinski definition) is 4. The highest BCUT2D eigenvalue weighted by molar-refractivity contribution is 6.20. The van der Waals surface area contributed by atoms with E-state index >= 15 is 0 Å². The Kier molecular flexibility index (Phi) is 4.46. The number of likely N-dealkylation sites (N-methyl/N-ethyl adjacent to an activating group) is 1. The molecule has 0 radical (unpaired) electrons. The van der Waals surface area contributed by atoms with Gasteiger partial charge in [-0.1, -0.05) is 42.5 Å². The van der Waals surface area contributed by atoms with Crippen LogP contribution in [0.3, 0.4) is 0 Å². The minimum atomic E-state index is -0.441. The molecule has 0 N–H and O–H groups in total. The zero-order valence-corrected chi connectivity index (χ0v) is 14.0. The summed E-state index contributed by atoms with van der Waals surface area (Å²) in [5.74, 6) is -0.829. The van der Waals surface area contributed by atoms with Crippen LogP contribution >= 0.6 is 0 Å². The van der Waals surface area contributed by atoms with Crippen LogP contribution in [0.2, 0.25) is 0 Å². The summed E-state index contributed by atoms with van der Waals surface area (Å²) in [7, 11) is 3.87. The van der Waals surface area contributed by atoms with Gasteiger partial charge in [-0.05, 0) is 38.7 Å². The van der Waals surface area contributed by atoms with Crippen LogP contribution in [0.25, 0.3) is 0 Å². The second kappa shape index (κ2) is 6.55. The molecule has 1 aliphatic rings. The largest absolute Gasteiger partial charge is 0.304 e. The highest BCUT2D eigenvalue weighted by Crippen LogP contribution is 2.30. The number of amides is 2. The number of nitrogens with zero attached hydrogens (tertiary/aromatic N) is 2. The first-order valence-corrected chi connectivity index (χ1v) is 7.86. The lowest BCUT2D eigenvalue weighted by atomic mass is 10.0. The fourth-order valence-corrected chi connectivity index (χ4v) is 2.72. The van der Waals surface area contributed by atoms with Crippen molar-refractivity contribution < 1.29 is 14.4 Å². The summed E-state index contributed by atoms with van der Waals surface area (Å²) in [6.07, 6.45) is -0.441. The van der Waals surface area contributed by atoms with E-state index in [1.807, 2.05) is 56.3 Å². The van der Waals surface area contributed by atoms with Crippen LogP contribution in [0.5, 0.6) is 0 Å². The third-order valence-electron chi connectivity index (χ3n) is 4.36. The standard InChI is InChI=1S/C19H20N2O3/c1-13(20(2)3)17(14-9-5-4-6-10-14)24-21-18(22)15-11-7-8-12-16(15)19(21)23/h4-13,17H,1-3H3/t13-,17-/m0/s1. The van der Waals surface area contributed by atoms with E-state index in [4.69, 9.17) is 4.84 Å². The first-order valence-electron chi connectivity index (χ1n) is 7.86. The molecule has 24 heavy (non-hydrogen) atoms. The van der Waals surface area contributed by atoms with Crippen LogP contribution in [0.1, 0.15) is 39.3 Å². The Morgan fingerprint density at radius 3 is 1.88 bits per heavy atom. The number of benzene rings is 2. The first kappa shape index (κ1) is 16.4. The van der Waals surface area contributed by atoms with Gasteiger partial charge in [0.05, 0.1) is 11.1 Å². The minimum absolute atomic E-state index is 0.0308. The second-order valence-electron chi connectivity index (χ2n) is 6.09. The molecule has 0 bridgehead atoms. The topological polar surface area (TPSA) is 49.9 Å². The molecule has 2 aromatic rings. The molecular formula is C19H20N2O3. The van der Waals surface area contributed by atoms with Crippen molar-refractivity contribution >= 4 is 11.8 Å². The Hall–Kier alpha value is -2.50. The van der Waals surface area contributed by atoms with Gasteiger partial charge in [0.25, 0.3) is 11.8 Å². The Morgan fingerprint density at radius 2 is 1.38 bits per heavy atom. The number of imide groups is 1. The van der Waals surface area contributed by atoms with Crippen molar-refractivity contribution in [1.29, 1.82) is 0 Å². The maximum atomic E-state index is 12.5. The Morgan fingerprint density at radius 1 is 0.875 bits per heavy atom. The molecule has 0 unspecified atom stereocenters. The molecule has 0 spiro atoms. The zero-order chi connectivity index (χ0) is 17.3. The molecule has 0 aliphatic carbocycles. The number of carbonyl (C=O) groups excluding carboxylic acids is 2. The second-order valence-corrected chi connectivity index (χ2v) is 6.09. The molecule has 1 aliphatic heterocycles. The van der Waals surface area contributed by atoms with Gasteiger partial charge in [-0.15, -0.1) is 5.06 Å². The lowest BCUT2D eigenvalue weighted by molar-refractivity contribution is -0.151. The van der Waals surface area contributed by atoms with Crippen LogP contribution < -0.4 is 0 Å². The predicted octanol–water partition coefficient (Wildman–Crippen LogP) is 2.91. The minimum Gasteiger partial charge on any atom is -0.304 e. The van der Waals surface area contributed by atoms with Crippen LogP contribution in [-0.2, 0) is 4.84 Å². The van der Waals surface area contributed by atoms with Gasteiger partial charge in [-0.25, -0.2) is 0 Å². The van der Waals surface area contributed by atoms with E-state index < -0.39 is 17.9 Å². The van der Waals surface area contributed by atoms with Gasteiger partial charge in [-0.3, -0.25) is 14.4 Å². The van der Waals surface area contributed by atoms with E-state index in [0.717, 1.165) is 10.6 Å². The van der Waals surface area contributed by atoms with Crippen molar-refractivity contribution in [2.24, 2.45) is 0 Å². The number of fused-ring (bicyclic) bond motifs is 1. The van der Waals surface area contributed by atoms with Crippen LogP contribution in [0.15, 0.2) is 54.6 Å². The summed E-state index contributed by atoms with van der Waals surface area (Å²) in [6, 6.07) is 16.4. The molecule has 0 saturated carbocycles. The summed E-state index contributed by atoms with van der Waals surface area (Å²) in [4.78, 5) is 33.0. The van der Waals surface area contributed by atoms with Crippen LogP contribution in [-0.4, -0.2) is 41.9 Å². The number of hydrogen-bond donors (Lipinski definition) is 0. The van der Waals surface area contributed by atoms with E-state index in [1.165, 1.54) is 0 Å². The maximum absolute atomic E-state index is 12.5. The fraction of sp³-hybridized carbons (Fsp3) is 0.263. The summed E-state index contributed by atoms with van der Waals surface area (Å²) >= 11 is 0. The maximum Gasteiger partial charge on any atom is 0.285 e. The van der Waals surface area contributed by atoms with Crippen LogP contribution in [0.4, 0.5) is 0 Å². The number of rotatable bonds is 5. The van der Waals surface area contributed by atoms with Crippen molar-refractivity contribution in [3.63, 3.8) is 0 Å². The van der Waals surface area contributed by atoms with Crippen molar-refractivity contribution in [2.75, 3.05) is 14.1 Å². The predicted molar refractivity (Wildman–Crippen MR) is 90.4 cm³/mol. The van der Waals surface area contributed by atoms with Gasteiger partial charge in [0.1, 0.15) is 6.10 Å². The van der Waals surface area contributed by atoms with Crippen LogP contribution in [0, 0.1) is 0 Å². The smallest absolute Gasteiger partial charge is 0.285 e. The SMILES string of the molecule is C[C@@H]([C@H](ON1C(=O)c2ccccc2C1=O)c1ccccc1)N(C)C. The lowest BCUT2D eigenvalue weighted by Gasteiger charge is -2.31. The summed E-state index contributed by atoms with van der Waals surface area (Å²) in [6.45, 7) is 2.00. The molecule has 5 nitrogen and oxygen atoms in total. The van der Waals surface area contributed by atoms with Gasteiger partial charge >= 0.3 is 0 Å². The fourth-order valence-electron chi connectivity index (χ4n) is 2.72. The summed E-state index contributed by atoms with van der Waals surface area (Å²) in [5.41, 5.74) is 1.67. The molecular weight excluding hydrogens is 304 g/mol. The highest BCUT2D eigenvalue weighted by Gasteiger charge is 2.39. The van der Waals surface area contributed by atoms with Gasteiger partial charge in [-0.2, -0.15) is 0 Å². The van der Waals surface area contributed by atoms with Crippen molar-refractivity contribution in [3.05, 3.63) is 71.3 Å². The number of carbonyl (C=O) groups is 2. The molecule has 2 atom stereocenters. The number of hydroxylamine groups is 2. The van der Waals surface area contributed by atoms with Gasteiger partial charge < -0.3 is 4.90 Å². The Bertz CT molecular complexity index is 723. The van der Waals surface area contributed by atoms with E-state index in [2.05, 4.69) is 0 Å². The third-order valence-corrected chi connectivity index (χ3v) is 4.36. The zero-order valence-electron chi connectivity index (χ0n) is 14.0. The van der Waals surface area contributed by atoms with E-state index in [-0.39, 0.29) is 6.04 Å². The average molecular weight is 324 g/mol. The molecule has 0 aromatic heterocycles. The van der Waals surface area contributed by atoms with Gasteiger partial charge in [0, 0.05) is 6.04 Å². The van der Waals surface area contributed by atoms with E-state index in [0.29, 0.717) is 11.1 Å². The highest BCUT2D eigenvalue weighted by atomic mass is 16.7. The molecule has 1 heterocycles. The summed E-state index contributed by atoms with van der Waals surface area (Å²) < 4.78 is 0. The Balaban J connectivity index is 1.92. The third kappa shape index (κ3) is 2.84. The molecule has 0 fully saturated rings. The van der Waals surface area contributed by atoms with Crippen molar-refractivity contribution in [1.82, 2.24) is 9.96 Å². The lowest BCUT2D eigenvalue weighted by Crippen LogP contribution is -2.39. The molecule has 124 valence electrons. The monoisotopic (exact) mass is 324 g/mol. The molecule has 5 heteroatoms. The van der Waals surface area contributed by atoms with Gasteiger partial charge in [0.2, 0.25) is 0 Å². The molecule has 2 aromatic carbocycles. The molecule has 2 amide bonds. The van der Waals surface area contributed by atoms with E-state index in [9.17, 15) is 9.59 Å². The quantitative estimate of drug-likeness (QED) is 0.794. The normalized spacial score (nSPS) is 16.4. The Labute approximate surface area is 141 Å². The van der Waals surface area contributed by atoms with E-state index in [1.54, 1.807) is 24.3 Å². The average Bonchev–Trinajstić information content (AvgIpc) is 2.84.